The first-order valence-corrected chi connectivity index (χ1v) is 12.7. The van der Waals surface area contributed by atoms with Crippen molar-refractivity contribution in [2.24, 2.45) is 0 Å². The standard InChI is InChI=1S/C31H27FN4O3/c1-17(2)35-23-8-6-5-7-20(23)21-15-22(34-16-25(21)35)29(37)31(3)27-24(13-14-26(39-4)28(27)33)36(30(31)38)19-11-9-18(32)10-12-19/h5-17H,33H2,1-4H3/t31-/m0/s1. The Morgan fingerprint density at radius 2 is 1.74 bits per heavy atom. The quantitative estimate of drug-likeness (QED) is 0.166. The van der Waals surface area contributed by atoms with E-state index in [9.17, 15) is 14.0 Å². The molecule has 0 radical (unpaired) electrons. The van der Waals surface area contributed by atoms with Crippen LogP contribution < -0.4 is 15.4 Å². The molecule has 0 saturated heterocycles. The molecule has 7 nitrogen and oxygen atoms in total. The third-order valence-electron chi connectivity index (χ3n) is 7.66. The SMILES string of the molecule is COc1ccc2c(c1N)[C@@](C)(C(=O)c1cc3c4ccccc4n(C(C)C)c3cn1)C(=O)N2c1ccc(F)cc1. The van der Waals surface area contributed by atoms with Gasteiger partial charge in [0.2, 0.25) is 11.7 Å². The van der Waals surface area contributed by atoms with Crippen molar-refractivity contribution in [2.75, 3.05) is 17.7 Å². The molecule has 0 saturated carbocycles. The summed E-state index contributed by atoms with van der Waals surface area (Å²) in [6.07, 6.45) is 1.69. The highest BCUT2D eigenvalue weighted by atomic mass is 19.1. The van der Waals surface area contributed by atoms with E-state index >= 15 is 0 Å². The average Bonchev–Trinajstić information content (AvgIpc) is 3.39. The topological polar surface area (TPSA) is 90.5 Å². The number of para-hydroxylation sites is 1. The fourth-order valence-corrected chi connectivity index (χ4v) is 5.81. The lowest BCUT2D eigenvalue weighted by Gasteiger charge is -2.24. The highest BCUT2D eigenvalue weighted by Gasteiger charge is 2.55. The van der Waals surface area contributed by atoms with E-state index in [0.29, 0.717) is 22.7 Å². The van der Waals surface area contributed by atoms with Gasteiger partial charge in [-0.2, -0.15) is 0 Å². The molecule has 0 fully saturated rings. The average molecular weight is 523 g/mol. The van der Waals surface area contributed by atoms with Crippen LogP contribution in [-0.2, 0) is 10.2 Å². The largest absolute Gasteiger partial charge is 0.495 e. The first-order chi connectivity index (χ1) is 18.7. The molecule has 1 aliphatic rings. The number of ketones is 1. The van der Waals surface area contributed by atoms with Crippen molar-refractivity contribution < 1.29 is 18.7 Å². The van der Waals surface area contributed by atoms with Crippen LogP contribution in [0, 0.1) is 5.82 Å². The van der Waals surface area contributed by atoms with E-state index in [1.54, 1.807) is 31.3 Å². The van der Waals surface area contributed by atoms with Gasteiger partial charge < -0.3 is 15.0 Å². The second kappa shape index (κ2) is 8.66. The summed E-state index contributed by atoms with van der Waals surface area (Å²) in [6.45, 7) is 5.76. The zero-order valence-electron chi connectivity index (χ0n) is 22.0. The Kier molecular flexibility index (Phi) is 5.46. The number of hydrogen-bond donors (Lipinski definition) is 1. The first kappa shape index (κ1) is 24.6. The molecule has 3 heterocycles. The molecule has 1 atom stereocenters. The number of hydrogen-bond acceptors (Lipinski definition) is 5. The van der Waals surface area contributed by atoms with Crippen molar-refractivity contribution in [3.8, 4) is 5.75 Å². The van der Waals surface area contributed by atoms with Crippen molar-refractivity contribution >= 4 is 50.6 Å². The van der Waals surface area contributed by atoms with E-state index < -0.39 is 22.9 Å². The molecule has 0 unspecified atom stereocenters. The van der Waals surface area contributed by atoms with E-state index in [2.05, 4.69) is 23.4 Å². The van der Waals surface area contributed by atoms with Crippen molar-refractivity contribution in [3.05, 3.63) is 90.0 Å². The number of carbonyl (C=O) groups is 2. The van der Waals surface area contributed by atoms with Crippen molar-refractivity contribution in [3.63, 3.8) is 0 Å². The molecule has 39 heavy (non-hydrogen) atoms. The second-order valence-corrected chi connectivity index (χ2v) is 10.2. The monoisotopic (exact) mass is 522 g/mol. The van der Waals surface area contributed by atoms with Crippen LogP contribution in [0.4, 0.5) is 21.5 Å². The number of pyridine rings is 1. The van der Waals surface area contributed by atoms with Gasteiger partial charge in [-0.05, 0) is 69.3 Å². The number of methoxy groups -OCH3 is 1. The fraction of sp³-hybridized carbons (Fsp3) is 0.194. The van der Waals surface area contributed by atoms with Gasteiger partial charge in [0.25, 0.3) is 0 Å². The minimum atomic E-state index is -1.70. The lowest BCUT2D eigenvalue weighted by atomic mass is 9.77. The Morgan fingerprint density at radius 1 is 1.03 bits per heavy atom. The van der Waals surface area contributed by atoms with E-state index in [4.69, 9.17) is 10.5 Å². The van der Waals surface area contributed by atoms with Gasteiger partial charge in [-0.1, -0.05) is 18.2 Å². The molecule has 3 aromatic carbocycles. The number of aromatic nitrogens is 2. The summed E-state index contributed by atoms with van der Waals surface area (Å²) in [5, 5.41) is 1.87. The molecular weight excluding hydrogens is 495 g/mol. The summed E-state index contributed by atoms with van der Waals surface area (Å²) < 4.78 is 21.3. The highest BCUT2D eigenvalue weighted by molar-refractivity contribution is 6.29. The Hall–Kier alpha value is -4.72. The number of rotatable bonds is 5. The van der Waals surface area contributed by atoms with E-state index in [0.717, 1.165) is 21.8 Å². The van der Waals surface area contributed by atoms with E-state index in [1.807, 2.05) is 24.3 Å². The zero-order chi connectivity index (χ0) is 27.6. The minimum absolute atomic E-state index is 0.152. The van der Waals surface area contributed by atoms with Crippen LogP contribution in [0.2, 0.25) is 0 Å². The van der Waals surface area contributed by atoms with Gasteiger partial charge >= 0.3 is 0 Å². The molecule has 0 aliphatic carbocycles. The third-order valence-corrected chi connectivity index (χ3v) is 7.66. The van der Waals surface area contributed by atoms with Crippen LogP contribution in [0.15, 0.2) is 72.9 Å². The summed E-state index contributed by atoms with van der Waals surface area (Å²) in [5.41, 5.74) is 8.33. The Morgan fingerprint density at radius 3 is 2.44 bits per heavy atom. The number of nitrogen functional groups attached to an aromatic ring is 1. The van der Waals surface area contributed by atoms with Crippen LogP contribution >= 0.6 is 0 Å². The molecule has 1 amide bonds. The molecular formula is C31H27FN4O3. The molecule has 196 valence electrons. The van der Waals surface area contributed by atoms with E-state index in [1.165, 1.54) is 36.3 Å². The summed E-state index contributed by atoms with van der Waals surface area (Å²) in [4.78, 5) is 34.5. The Bertz CT molecular complexity index is 1810. The number of anilines is 3. The predicted molar refractivity (Wildman–Crippen MR) is 150 cm³/mol. The Labute approximate surface area is 224 Å². The smallest absolute Gasteiger partial charge is 0.250 e. The maximum atomic E-state index is 14.4. The first-order valence-electron chi connectivity index (χ1n) is 12.7. The number of amides is 1. The highest BCUT2D eigenvalue weighted by Crippen LogP contribution is 2.52. The van der Waals surface area contributed by atoms with Gasteiger partial charge in [0.15, 0.2) is 0 Å². The number of carbonyl (C=O) groups excluding carboxylic acids is 2. The maximum Gasteiger partial charge on any atom is 0.250 e. The van der Waals surface area contributed by atoms with Crippen LogP contribution in [0.1, 0.15) is 42.9 Å². The van der Waals surface area contributed by atoms with Gasteiger partial charge in [0, 0.05) is 33.6 Å². The number of nitrogens with zero attached hydrogens (tertiary/aromatic N) is 3. The number of Topliss-reactive ketones (excluding diaryl/α,β-unsaturated/α-hetero) is 1. The molecule has 2 N–H and O–H groups in total. The number of halogens is 1. The third kappa shape index (κ3) is 3.37. The number of ether oxygens (including phenoxy) is 1. The van der Waals surface area contributed by atoms with Gasteiger partial charge in [0.05, 0.1) is 30.2 Å². The summed E-state index contributed by atoms with van der Waals surface area (Å²) in [6, 6.07) is 18.8. The summed E-state index contributed by atoms with van der Waals surface area (Å²) in [5.74, 6) is -1.07. The maximum absolute atomic E-state index is 14.4. The Balaban J connectivity index is 1.57. The molecule has 6 rings (SSSR count). The number of fused-ring (bicyclic) bond motifs is 4. The van der Waals surface area contributed by atoms with Crippen LogP contribution in [-0.4, -0.2) is 28.4 Å². The molecule has 8 heteroatoms. The number of benzene rings is 3. The van der Waals surface area contributed by atoms with Gasteiger partial charge in [-0.15, -0.1) is 0 Å². The molecule has 0 spiro atoms. The lowest BCUT2D eigenvalue weighted by molar-refractivity contribution is -0.120. The van der Waals surface area contributed by atoms with Gasteiger partial charge in [0.1, 0.15) is 22.7 Å². The second-order valence-electron chi connectivity index (χ2n) is 10.2. The molecule has 2 aromatic heterocycles. The fourth-order valence-electron chi connectivity index (χ4n) is 5.81. The van der Waals surface area contributed by atoms with E-state index in [-0.39, 0.29) is 17.4 Å². The van der Waals surface area contributed by atoms with Crippen LogP contribution in [0.5, 0.6) is 5.75 Å². The lowest BCUT2D eigenvalue weighted by Crippen LogP contribution is -2.43. The summed E-state index contributed by atoms with van der Waals surface area (Å²) >= 11 is 0. The van der Waals surface area contributed by atoms with Gasteiger partial charge in [-0.3, -0.25) is 19.5 Å². The van der Waals surface area contributed by atoms with Gasteiger partial charge in [-0.25, -0.2) is 4.39 Å². The molecule has 5 aromatic rings. The predicted octanol–water partition coefficient (Wildman–Crippen LogP) is 6.32. The molecule has 0 bridgehead atoms. The molecule has 1 aliphatic heterocycles. The normalized spacial score (nSPS) is 16.9. The zero-order valence-corrected chi connectivity index (χ0v) is 22.0. The summed E-state index contributed by atoms with van der Waals surface area (Å²) in [7, 11) is 1.48. The van der Waals surface area contributed by atoms with Crippen LogP contribution in [0.25, 0.3) is 21.8 Å². The van der Waals surface area contributed by atoms with Crippen LogP contribution in [0.3, 0.4) is 0 Å². The minimum Gasteiger partial charge on any atom is -0.495 e. The van der Waals surface area contributed by atoms with Crippen molar-refractivity contribution in [2.45, 2.75) is 32.2 Å². The van der Waals surface area contributed by atoms with Crippen molar-refractivity contribution in [1.29, 1.82) is 0 Å². The number of nitrogens with two attached hydrogens (primary N) is 1. The van der Waals surface area contributed by atoms with Crippen molar-refractivity contribution in [1.82, 2.24) is 9.55 Å².